The van der Waals surface area contributed by atoms with Gasteiger partial charge in [-0.2, -0.15) is 0 Å². The van der Waals surface area contributed by atoms with E-state index in [4.69, 9.17) is 21.8 Å². The lowest BCUT2D eigenvalue weighted by Crippen LogP contribution is -2.46. The van der Waals surface area contributed by atoms with Crippen LogP contribution in [0.25, 0.3) is 11.5 Å². The maximum atomic E-state index is 15.3. The van der Waals surface area contributed by atoms with E-state index in [1.807, 2.05) is 0 Å². The minimum absolute atomic E-state index is 0.0140. The van der Waals surface area contributed by atoms with Crippen LogP contribution in [-0.2, 0) is 16.4 Å². The number of hydrogen-bond acceptors (Lipinski definition) is 8. The molecule has 2 aliphatic rings. The quantitative estimate of drug-likeness (QED) is 0.490. The molecular formula is C25H27ClF3N5O3S. The van der Waals surface area contributed by atoms with Gasteiger partial charge in [-0.05, 0) is 36.4 Å². The summed E-state index contributed by atoms with van der Waals surface area (Å²) < 4.78 is 75.7. The van der Waals surface area contributed by atoms with E-state index in [9.17, 15) is 17.2 Å². The van der Waals surface area contributed by atoms with Gasteiger partial charge in [-0.3, -0.25) is 4.90 Å². The second-order valence-corrected chi connectivity index (χ2v) is 12.3. The number of benzene rings is 2. The minimum atomic E-state index is -3.90. The highest BCUT2D eigenvalue weighted by Gasteiger charge is 2.42. The third kappa shape index (κ3) is 5.54. The zero-order valence-corrected chi connectivity index (χ0v) is 22.2. The predicted octanol–water partition coefficient (Wildman–Crippen LogP) is 4.09. The van der Waals surface area contributed by atoms with E-state index < -0.39 is 40.0 Å². The van der Waals surface area contributed by atoms with Crippen molar-refractivity contribution in [1.29, 1.82) is 0 Å². The predicted molar refractivity (Wildman–Crippen MR) is 137 cm³/mol. The van der Waals surface area contributed by atoms with Gasteiger partial charge in [0.15, 0.2) is 9.84 Å². The largest absolute Gasteiger partial charge is 0.420 e. The SMILES string of the molecule is CCN1CC(c2nnc(-c3cc4c(cc3F)S(=O)(=O)C[C@H](N)CN4Cc3ccc(Cl)cc3)o2)CC(F)(F)C1. The van der Waals surface area contributed by atoms with Crippen LogP contribution in [0.1, 0.15) is 30.7 Å². The van der Waals surface area contributed by atoms with Crippen molar-refractivity contribution in [1.82, 2.24) is 15.1 Å². The van der Waals surface area contributed by atoms with Gasteiger partial charge in [0.05, 0.1) is 34.4 Å². The first-order chi connectivity index (χ1) is 17.9. The fourth-order valence-electron chi connectivity index (χ4n) is 5.08. The van der Waals surface area contributed by atoms with Crippen LogP contribution < -0.4 is 10.6 Å². The van der Waals surface area contributed by atoms with Crippen LogP contribution in [0.4, 0.5) is 18.9 Å². The van der Waals surface area contributed by atoms with Crippen molar-refractivity contribution in [3.8, 4) is 11.5 Å². The number of anilines is 1. The molecule has 2 aromatic carbocycles. The molecule has 2 atom stereocenters. The third-order valence-electron chi connectivity index (χ3n) is 6.85. The lowest BCUT2D eigenvalue weighted by atomic mass is 9.95. The summed E-state index contributed by atoms with van der Waals surface area (Å²) in [6, 6.07) is 8.62. The van der Waals surface area contributed by atoms with Crippen molar-refractivity contribution in [2.75, 3.05) is 36.8 Å². The molecule has 8 nitrogen and oxygen atoms in total. The van der Waals surface area contributed by atoms with Crippen LogP contribution in [0.5, 0.6) is 0 Å². The number of rotatable bonds is 5. The number of aromatic nitrogens is 2. The van der Waals surface area contributed by atoms with Gasteiger partial charge in [-0.25, -0.2) is 21.6 Å². The van der Waals surface area contributed by atoms with Crippen molar-refractivity contribution >= 4 is 27.1 Å². The summed E-state index contributed by atoms with van der Waals surface area (Å²) in [6.45, 7) is 2.67. The molecule has 0 spiro atoms. The Morgan fingerprint density at radius 3 is 2.63 bits per heavy atom. The highest BCUT2D eigenvalue weighted by Crippen LogP contribution is 2.39. The second-order valence-electron chi connectivity index (χ2n) is 9.88. The number of piperidine rings is 1. The van der Waals surface area contributed by atoms with Crippen molar-refractivity contribution in [2.45, 2.75) is 42.7 Å². The molecule has 0 bridgehead atoms. The third-order valence-corrected chi connectivity index (χ3v) is 8.96. The van der Waals surface area contributed by atoms with Gasteiger partial charge >= 0.3 is 0 Å². The van der Waals surface area contributed by atoms with Gasteiger partial charge in [-0.15, -0.1) is 10.2 Å². The topological polar surface area (TPSA) is 106 Å². The maximum Gasteiger partial charge on any atom is 0.261 e. The molecule has 1 aromatic heterocycles. The zero-order chi connectivity index (χ0) is 27.2. The molecule has 2 aliphatic heterocycles. The van der Waals surface area contributed by atoms with Crippen LogP contribution in [0.15, 0.2) is 45.7 Å². The Hall–Kier alpha value is -2.67. The number of likely N-dealkylation sites (N-methyl/N-ethyl adjacent to an activating group) is 1. The summed E-state index contributed by atoms with van der Waals surface area (Å²) in [7, 11) is -3.90. The number of halogens is 4. The molecule has 2 N–H and O–H groups in total. The molecule has 13 heteroatoms. The number of alkyl halides is 2. The highest BCUT2D eigenvalue weighted by atomic mass is 35.5. The fraction of sp³-hybridized carbons (Fsp3) is 0.440. The minimum Gasteiger partial charge on any atom is -0.420 e. The first kappa shape index (κ1) is 26.9. The summed E-state index contributed by atoms with van der Waals surface area (Å²) in [5, 5.41) is 8.44. The number of nitrogens with two attached hydrogens (primary N) is 1. The second kappa shape index (κ2) is 10.1. The van der Waals surface area contributed by atoms with E-state index >= 15 is 4.39 Å². The Kier molecular flexibility index (Phi) is 7.18. The summed E-state index contributed by atoms with van der Waals surface area (Å²) in [5.41, 5.74) is 7.10. The van der Waals surface area contributed by atoms with E-state index in [2.05, 4.69) is 10.2 Å². The molecule has 0 saturated carbocycles. The van der Waals surface area contributed by atoms with Crippen LogP contribution >= 0.6 is 11.6 Å². The average Bonchev–Trinajstić information content (AvgIpc) is 3.30. The Morgan fingerprint density at radius 2 is 1.92 bits per heavy atom. The number of fused-ring (bicyclic) bond motifs is 1. The van der Waals surface area contributed by atoms with E-state index in [0.717, 1.165) is 11.6 Å². The zero-order valence-electron chi connectivity index (χ0n) is 20.6. The molecule has 5 rings (SSSR count). The van der Waals surface area contributed by atoms with Crippen molar-refractivity contribution in [3.63, 3.8) is 0 Å². The lowest BCUT2D eigenvalue weighted by Gasteiger charge is -2.35. The Bertz CT molecular complexity index is 1430. The molecular weight excluding hydrogens is 543 g/mol. The normalized spacial score (nSPS) is 23.2. The fourth-order valence-corrected chi connectivity index (χ4v) is 6.84. The maximum absolute atomic E-state index is 15.3. The van der Waals surface area contributed by atoms with Crippen molar-refractivity contribution in [2.24, 2.45) is 5.73 Å². The van der Waals surface area contributed by atoms with Crippen LogP contribution in [0, 0.1) is 5.82 Å². The van der Waals surface area contributed by atoms with Crippen molar-refractivity contribution in [3.05, 3.63) is 58.7 Å². The molecule has 0 amide bonds. The summed E-state index contributed by atoms with van der Waals surface area (Å²) in [5.74, 6) is -5.09. The monoisotopic (exact) mass is 569 g/mol. The van der Waals surface area contributed by atoms with Gasteiger partial charge in [0.25, 0.3) is 11.8 Å². The summed E-state index contributed by atoms with van der Waals surface area (Å²) in [6.07, 6.45) is -0.456. The molecule has 3 aromatic rings. The van der Waals surface area contributed by atoms with Crippen LogP contribution in [-0.4, -0.2) is 67.4 Å². The van der Waals surface area contributed by atoms with Crippen LogP contribution in [0.2, 0.25) is 5.02 Å². The first-order valence-corrected chi connectivity index (χ1v) is 14.2. The molecule has 1 fully saturated rings. The molecule has 1 unspecified atom stereocenters. The number of nitrogens with zero attached hydrogens (tertiary/aromatic N) is 4. The van der Waals surface area contributed by atoms with Gasteiger partial charge in [0.2, 0.25) is 5.89 Å². The van der Waals surface area contributed by atoms with E-state index in [-0.39, 0.29) is 53.3 Å². The molecule has 204 valence electrons. The van der Waals surface area contributed by atoms with Crippen molar-refractivity contribution < 1.29 is 26.0 Å². The molecule has 0 radical (unpaired) electrons. The highest BCUT2D eigenvalue weighted by molar-refractivity contribution is 7.91. The van der Waals surface area contributed by atoms with Crippen LogP contribution in [0.3, 0.4) is 0 Å². The summed E-state index contributed by atoms with van der Waals surface area (Å²) >= 11 is 6.00. The van der Waals surface area contributed by atoms with E-state index in [1.165, 1.54) is 6.07 Å². The number of hydrogen-bond donors (Lipinski definition) is 1. The first-order valence-electron chi connectivity index (χ1n) is 12.2. The number of sulfone groups is 1. The molecule has 1 saturated heterocycles. The average molecular weight is 570 g/mol. The van der Waals surface area contributed by atoms with Gasteiger partial charge in [-0.1, -0.05) is 30.7 Å². The molecule has 0 aliphatic carbocycles. The standard InChI is InChI=1S/C25H27ClF3N5O3S/c1-2-33-11-16(9-25(28,29)14-33)23-31-32-24(37-23)19-7-21-22(8-20(19)27)38(35,36)13-18(30)12-34(21)10-15-3-5-17(26)6-4-15/h3-8,16,18H,2,9-14,30H2,1H3/t16?,18-/m1/s1. The van der Waals surface area contributed by atoms with Gasteiger partial charge in [0, 0.05) is 37.1 Å². The Morgan fingerprint density at radius 1 is 1.18 bits per heavy atom. The Balaban J connectivity index is 1.53. The number of likely N-dealkylation sites (tertiary alicyclic amines) is 1. The summed E-state index contributed by atoms with van der Waals surface area (Å²) in [4.78, 5) is 3.17. The Labute approximate surface area is 223 Å². The van der Waals surface area contributed by atoms with Gasteiger partial charge < -0.3 is 15.1 Å². The smallest absolute Gasteiger partial charge is 0.261 e. The molecule has 3 heterocycles. The lowest BCUT2D eigenvalue weighted by molar-refractivity contribution is -0.0732. The van der Waals surface area contributed by atoms with E-state index in [0.29, 0.717) is 18.1 Å². The van der Waals surface area contributed by atoms with E-state index in [1.54, 1.807) is 41.0 Å². The molecule has 38 heavy (non-hydrogen) atoms. The van der Waals surface area contributed by atoms with Gasteiger partial charge in [0.1, 0.15) is 5.82 Å².